The van der Waals surface area contributed by atoms with Crippen molar-refractivity contribution in [3.63, 3.8) is 0 Å². The average molecular weight is 330 g/mol. The van der Waals surface area contributed by atoms with Gasteiger partial charge in [0, 0.05) is 23.7 Å². The second kappa shape index (κ2) is 5.27. The van der Waals surface area contributed by atoms with Crippen LogP contribution in [0.15, 0.2) is 11.6 Å². The van der Waals surface area contributed by atoms with E-state index in [9.17, 15) is 14.7 Å². The van der Waals surface area contributed by atoms with Crippen LogP contribution in [0.25, 0.3) is 0 Å². The molecule has 1 N–H and O–H groups in total. The van der Waals surface area contributed by atoms with Gasteiger partial charge < -0.3 is 5.11 Å². The Labute approximate surface area is 144 Å². The minimum Gasteiger partial charge on any atom is -0.395 e. The van der Waals surface area contributed by atoms with Gasteiger partial charge in [-0.3, -0.25) is 9.59 Å². The van der Waals surface area contributed by atoms with Crippen molar-refractivity contribution in [2.45, 2.75) is 59.3 Å². The molecule has 0 radical (unpaired) electrons. The first-order valence-electron chi connectivity index (χ1n) is 9.72. The standard InChI is InChI=1S/C21H30O3/c1-12-8-14-10-15(23)9-13(2)21(14,11-22)17-6-7-20(3)16(19(12)17)4-5-18(20)24/h10,12-13,16-17,19,22H,4-9,11H2,1-3H3/t12-,13-,16+,17+,19+,20+,21+/m1/s1. The highest BCUT2D eigenvalue weighted by molar-refractivity contribution is 5.92. The van der Waals surface area contributed by atoms with Gasteiger partial charge in [-0.05, 0) is 61.3 Å². The van der Waals surface area contributed by atoms with Gasteiger partial charge in [0.25, 0.3) is 0 Å². The summed E-state index contributed by atoms with van der Waals surface area (Å²) in [7, 11) is 0. The second-order valence-electron chi connectivity index (χ2n) is 9.33. The second-order valence-corrected chi connectivity index (χ2v) is 9.33. The molecule has 0 heterocycles. The summed E-state index contributed by atoms with van der Waals surface area (Å²) in [6, 6.07) is 0. The summed E-state index contributed by atoms with van der Waals surface area (Å²) in [6.45, 7) is 6.80. The fourth-order valence-corrected chi connectivity index (χ4v) is 7.26. The number of hydrogen-bond acceptors (Lipinski definition) is 3. The Morgan fingerprint density at radius 3 is 2.62 bits per heavy atom. The molecule has 0 aromatic heterocycles. The van der Waals surface area contributed by atoms with Crippen LogP contribution in [0.5, 0.6) is 0 Å². The van der Waals surface area contributed by atoms with Crippen LogP contribution in [0.2, 0.25) is 0 Å². The van der Waals surface area contributed by atoms with Crippen LogP contribution >= 0.6 is 0 Å². The van der Waals surface area contributed by atoms with Gasteiger partial charge in [0.1, 0.15) is 5.78 Å². The van der Waals surface area contributed by atoms with E-state index in [0.717, 1.165) is 32.1 Å². The molecule has 4 aliphatic carbocycles. The number of carbonyl (C=O) groups is 2. The van der Waals surface area contributed by atoms with E-state index < -0.39 is 0 Å². The highest BCUT2D eigenvalue weighted by Crippen LogP contribution is 2.66. The first-order valence-corrected chi connectivity index (χ1v) is 9.72. The summed E-state index contributed by atoms with van der Waals surface area (Å²) in [5.41, 5.74) is 0.842. The zero-order valence-corrected chi connectivity index (χ0v) is 15.2. The Kier molecular flexibility index (Phi) is 3.62. The summed E-state index contributed by atoms with van der Waals surface area (Å²) in [6.07, 6.45) is 7.07. The third-order valence-corrected chi connectivity index (χ3v) is 8.48. The number of rotatable bonds is 1. The molecule has 132 valence electrons. The molecule has 0 bridgehead atoms. The monoisotopic (exact) mass is 330 g/mol. The molecule has 0 aromatic carbocycles. The van der Waals surface area contributed by atoms with Gasteiger partial charge in [-0.15, -0.1) is 0 Å². The highest BCUT2D eigenvalue weighted by atomic mass is 16.3. The van der Waals surface area contributed by atoms with Gasteiger partial charge in [0.2, 0.25) is 0 Å². The number of aliphatic hydroxyl groups excluding tert-OH is 1. The van der Waals surface area contributed by atoms with Crippen molar-refractivity contribution in [2.24, 2.45) is 40.4 Å². The molecule has 0 aliphatic heterocycles. The number of aliphatic hydroxyl groups is 1. The Bertz CT molecular complexity index is 621. The van der Waals surface area contributed by atoms with Crippen molar-refractivity contribution in [2.75, 3.05) is 6.61 Å². The fraction of sp³-hybridized carbons (Fsp3) is 0.810. The van der Waals surface area contributed by atoms with Crippen LogP contribution in [-0.2, 0) is 9.59 Å². The molecule has 3 heteroatoms. The molecule has 3 nitrogen and oxygen atoms in total. The number of ketones is 2. The van der Waals surface area contributed by atoms with Crippen LogP contribution in [-0.4, -0.2) is 23.3 Å². The fourth-order valence-electron chi connectivity index (χ4n) is 7.26. The van der Waals surface area contributed by atoms with Gasteiger partial charge >= 0.3 is 0 Å². The van der Waals surface area contributed by atoms with E-state index in [0.29, 0.717) is 35.9 Å². The average Bonchev–Trinajstić information content (AvgIpc) is 2.82. The maximum atomic E-state index is 12.5. The van der Waals surface area contributed by atoms with E-state index in [-0.39, 0.29) is 29.1 Å². The third-order valence-electron chi connectivity index (χ3n) is 8.48. The lowest BCUT2D eigenvalue weighted by Crippen LogP contribution is -2.57. The summed E-state index contributed by atoms with van der Waals surface area (Å²) in [4.78, 5) is 24.7. The Balaban J connectivity index is 1.81. The molecule has 0 spiro atoms. The van der Waals surface area contributed by atoms with E-state index in [1.54, 1.807) is 0 Å². The number of hydrogen-bond donors (Lipinski definition) is 1. The zero-order chi connectivity index (χ0) is 17.3. The topological polar surface area (TPSA) is 54.4 Å². The predicted molar refractivity (Wildman–Crippen MR) is 92.2 cm³/mol. The predicted octanol–water partition coefficient (Wildman–Crippen LogP) is 3.55. The quantitative estimate of drug-likeness (QED) is 0.800. The summed E-state index contributed by atoms with van der Waals surface area (Å²) in [5, 5.41) is 10.5. The summed E-state index contributed by atoms with van der Waals surface area (Å²) < 4.78 is 0. The minimum absolute atomic E-state index is 0.138. The number of fused-ring (bicyclic) bond motifs is 5. The number of Topliss-reactive ketones (excluding diaryl/α,β-unsaturated/α-hetero) is 1. The van der Waals surface area contributed by atoms with E-state index in [1.807, 2.05) is 6.08 Å². The van der Waals surface area contributed by atoms with Crippen LogP contribution in [0, 0.1) is 40.4 Å². The molecule has 4 rings (SSSR count). The van der Waals surface area contributed by atoms with E-state index in [1.165, 1.54) is 5.57 Å². The first-order chi connectivity index (χ1) is 11.3. The third kappa shape index (κ3) is 1.88. The van der Waals surface area contributed by atoms with Crippen molar-refractivity contribution in [3.8, 4) is 0 Å². The highest BCUT2D eigenvalue weighted by Gasteiger charge is 2.63. The lowest BCUT2D eigenvalue weighted by Gasteiger charge is -2.61. The smallest absolute Gasteiger partial charge is 0.155 e. The van der Waals surface area contributed by atoms with Gasteiger partial charge in [-0.25, -0.2) is 0 Å². The molecule has 0 saturated heterocycles. The van der Waals surface area contributed by atoms with E-state index in [2.05, 4.69) is 20.8 Å². The van der Waals surface area contributed by atoms with Crippen molar-refractivity contribution >= 4 is 11.6 Å². The van der Waals surface area contributed by atoms with Crippen molar-refractivity contribution < 1.29 is 14.7 Å². The zero-order valence-electron chi connectivity index (χ0n) is 15.2. The molecule has 4 aliphatic rings. The van der Waals surface area contributed by atoms with Crippen LogP contribution in [0.1, 0.15) is 59.3 Å². The minimum atomic E-state index is -0.224. The van der Waals surface area contributed by atoms with Gasteiger partial charge in [0.05, 0.1) is 6.61 Å². The molecule has 0 amide bonds. The van der Waals surface area contributed by atoms with Crippen molar-refractivity contribution in [1.29, 1.82) is 0 Å². The Hall–Kier alpha value is -0.960. The molecule has 7 atom stereocenters. The van der Waals surface area contributed by atoms with E-state index >= 15 is 0 Å². The molecular formula is C21H30O3. The summed E-state index contributed by atoms with van der Waals surface area (Å²) >= 11 is 0. The molecule has 3 saturated carbocycles. The largest absolute Gasteiger partial charge is 0.395 e. The van der Waals surface area contributed by atoms with Crippen LogP contribution < -0.4 is 0 Å². The normalized spacial score (nSPS) is 50.8. The van der Waals surface area contributed by atoms with E-state index in [4.69, 9.17) is 0 Å². The molecule has 0 unspecified atom stereocenters. The molecule has 0 aromatic rings. The molecule has 3 fully saturated rings. The lowest BCUT2D eigenvalue weighted by atomic mass is 9.43. The SMILES string of the molecule is C[C@@H]1CC2=CC(=O)C[C@@H](C)[C@]2(CO)[C@H]2CC[C@]3(C)C(=O)CC[C@H]3[C@H]12. The summed E-state index contributed by atoms with van der Waals surface area (Å²) in [5.74, 6) is 2.78. The maximum Gasteiger partial charge on any atom is 0.155 e. The van der Waals surface area contributed by atoms with Gasteiger partial charge in [-0.2, -0.15) is 0 Å². The molecule has 24 heavy (non-hydrogen) atoms. The Morgan fingerprint density at radius 2 is 1.92 bits per heavy atom. The maximum absolute atomic E-state index is 12.5. The van der Waals surface area contributed by atoms with Gasteiger partial charge in [0.15, 0.2) is 5.78 Å². The Morgan fingerprint density at radius 1 is 1.17 bits per heavy atom. The molecular weight excluding hydrogens is 300 g/mol. The lowest BCUT2D eigenvalue weighted by molar-refractivity contribution is -0.140. The van der Waals surface area contributed by atoms with Crippen LogP contribution in [0.3, 0.4) is 0 Å². The van der Waals surface area contributed by atoms with Crippen LogP contribution in [0.4, 0.5) is 0 Å². The van der Waals surface area contributed by atoms with Gasteiger partial charge in [-0.1, -0.05) is 26.3 Å². The van der Waals surface area contributed by atoms with Crippen molar-refractivity contribution in [1.82, 2.24) is 0 Å². The van der Waals surface area contributed by atoms with Crippen molar-refractivity contribution in [3.05, 3.63) is 11.6 Å². The number of carbonyl (C=O) groups excluding carboxylic acids is 2. The first kappa shape index (κ1) is 16.5.